The van der Waals surface area contributed by atoms with Gasteiger partial charge in [0.15, 0.2) is 0 Å². The van der Waals surface area contributed by atoms with E-state index in [1.165, 1.54) is 12.8 Å². The van der Waals surface area contributed by atoms with E-state index < -0.39 is 11.0 Å². The van der Waals surface area contributed by atoms with Crippen LogP contribution in [0.15, 0.2) is 0 Å². The fourth-order valence-electron chi connectivity index (χ4n) is 3.79. The van der Waals surface area contributed by atoms with Crippen LogP contribution in [-0.2, 0) is 0 Å². The molecule has 0 bridgehead atoms. The summed E-state index contributed by atoms with van der Waals surface area (Å²) >= 11 is 0. The fourth-order valence-corrected chi connectivity index (χ4v) is 3.79. The van der Waals surface area contributed by atoms with E-state index in [1.807, 2.05) is 6.92 Å². The Morgan fingerprint density at radius 2 is 1.89 bits per heavy atom. The van der Waals surface area contributed by atoms with Gasteiger partial charge in [-0.3, -0.25) is 0 Å². The van der Waals surface area contributed by atoms with Gasteiger partial charge >= 0.3 is 0 Å². The first-order chi connectivity index (χ1) is 8.62. The number of hydrogen-bond acceptors (Lipinski definition) is 3. The van der Waals surface area contributed by atoms with Crippen molar-refractivity contribution >= 4 is 0 Å². The molecule has 3 nitrogen and oxygen atoms in total. The molecule has 1 saturated carbocycles. The summed E-state index contributed by atoms with van der Waals surface area (Å²) in [5.41, 5.74) is -1.37. The third-order valence-electron chi connectivity index (χ3n) is 5.23. The van der Waals surface area contributed by atoms with Crippen molar-refractivity contribution in [1.82, 2.24) is 5.32 Å². The molecule has 2 unspecified atom stereocenters. The lowest BCUT2D eigenvalue weighted by Gasteiger charge is -2.46. The molecule has 2 N–H and O–H groups in total. The number of piperidine rings is 1. The molecule has 0 aromatic rings. The maximum atomic E-state index is 11.1. The van der Waals surface area contributed by atoms with Crippen LogP contribution in [0.3, 0.4) is 0 Å². The largest absolute Gasteiger partial charge is 0.388 e. The van der Waals surface area contributed by atoms with Gasteiger partial charge in [-0.15, -0.1) is 0 Å². The molecule has 3 heteroatoms. The van der Waals surface area contributed by atoms with E-state index in [0.29, 0.717) is 0 Å². The van der Waals surface area contributed by atoms with Gasteiger partial charge in [-0.05, 0) is 39.2 Å². The van der Waals surface area contributed by atoms with Gasteiger partial charge < -0.3 is 10.4 Å². The van der Waals surface area contributed by atoms with E-state index in [9.17, 15) is 10.4 Å². The first kappa shape index (κ1) is 13.8. The second-order valence-corrected chi connectivity index (χ2v) is 6.30. The topological polar surface area (TPSA) is 56.0 Å². The van der Waals surface area contributed by atoms with Crippen molar-refractivity contribution in [3.05, 3.63) is 0 Å². The average Bonchev–Trinajstić information content (AvgIpc) is 2.66. The number of nitriles is 1. The summed E-state index contributed by atoms with van der Waals surface area (Å²) in [5.74, 6) is 0.226. The molecule has 2 atom stereocenters. The van der Waals surface area contributed by atoms with Crippen LogP contribution >= 0.6 is 0 Å². The minimum Gasteiger partial charge on any atom is -0.388 e. The van der Waals surface area contributed by atoms with E-state index in [-0.39, 0.29) is 5.92 Å². The molecule has 0 aromatic carbocycles. The van der Waals surface area contributed by atoms with Crippen LogP contribution in [0.1, 0.15) is 58.3 Å². The monoisotopic (exact) mass is 250 g/mol. The molecule has 0 spiro atoms. The molecular formula is C15H26N2O. The predicted octanol–water partition coefficient (Wildman–Crippen LogP) is 2.60. The van der Waals surface area contributed by atoms with Gasteiger partial charge in [0.05, 0.1) is 17.1 Å². The van der Waals surface area contributed by atoms with Crippen LogP contribution in [-0.4, -0.2) is 23.8 Å². The lowest BCUT2D eigenvalue weighted by atomic mass is 9.62. The number of hydrogen-bond donors (Lipinski definition) is 2. The maximum Gasteiger partial charge on any atom is 0.0860 e. The van der Waals surface area contributed by atoms with Gasteiger partial charge in [0.25, 0.3) is 0 Å². The van der Waals surface area contributed by atoms with Crippen molar-refractivity contribution < 1.29 is 5.11 Å². The minimum absolute atomic E-state index is 0.226. The van der Waals surface area contributed by atoms with Crippen molar-refractivity contribution in [2.45, 2.75) is 63.9 Å². The molecule has 0 aromatic heterocycles. The highest BCUT2D eigenvalue weighted by Gasteiger charge is 2.51. The van der Waals surface area contributed by atoms with Gasteiger partial charge in [-0.2, -0.15) is 5.26 Å². The Hall–Kier alpha value is -0.590. The molecule has 2 rings (SSSR count). The van der Waals surface area contributed by atoms with E-state index >= 15 is 0 Å². The van der Waals surface area contributed by atoms with Crippen molar-refractivity contribution in [2.24, 2.45) is 11.3 Å². The molecule has 2 fully saturated rings. The number of nitrogens with zero attached hydrogens (tertiary/aromatic N) is 1. The van der Waals surface area contributed by atoms with Gasteiger partial charge in [0, 0.05) is 12.5 Å². The number of aliphatic hydroxyl groups is 1. The second-order valence-electron chi connectivity index (χ2n) is 6.30. The summed E-state index contributed by atoms with van der Waals surface area (Å²) in [4.78, 5) is 0. The van der Waals surface area contributed by atoms with E-state index in [4.69, 9.17) is 0 Å². The third-order valence-corrected chi connectivity index (χ3v) is 5.23. The Balaban J connectivity index is 2.20. The summed E-state index contributed by atoms with van der Waals surface area (Å²) < 4.78 is 0. The summed E-state index contributed by atoms with van der Waals surface area (Å²) in [6.07, 6.45) is 8.49. The Morgan fingerprint density at radius 1 is 1.22 bits per heavy atom. The van der Waals surface area contributed by atoms with Crippen LogP contribution in [0.2, 0.25) is 0 Å². The normalized spacial score (nSPS) is 31.9. The molecule has 0 radical (unpaired) electrons. The molecule has 1 heterocycles. The second kappa shape index (κ2) is 5.59. The molecule has 1 aliphatic heterocycles. The Labute approximate surface area is 111 Å². The quantitative estimate of drug-likeness (QED) is 0.741. The summed E-state index contributed by atoms with van der Waals surface area (Å²) in [5, 5.41) is 24.1. The minimum atomic E-state index is -0.848. The summed E-state index contributed by atoms with van der Waals surface area (Å²) in [7, 11) is 0. The van der Waals surface area contributed by atoms with Gasteiger partial charge in [0.1, 0.15) is 0 Å². The van der Waals surface area contributed by atoms with Crippen molar-refractivity contribution in [2.75, 3.05) is 13.1 Å². The zero-order valence-electron chi connectivity index (χ0n) is 11.5. The maximum absolute atomic E-state index is 11.1. The molecule has 102 valence electrons. The highest BCUT2D eigenvalue weighted by atomic mass is 16.3. The Morgan fingerprint density at radius 3 is 2.39 bits per heavy atom. The van der Waals surface area contributed by atoms with Gasteiger partial charge in [0.2, 0.25) is 0 Å². The van der Waals surface area contributed by atoms with E-state index in [1.54, 1.807) is 0 Å². The van der Waals surface area contributed by atoms with E-state index in [0.717, 1.165) is 51.6 Å². The molecule has 0 amide bonds. The highest BCUT2D eigenvalue weighted by molar-refractivity contribution is 5.13. The first-order valence-corrected chi connectivity index (χ1v) is 7.47. The van der Waals surface area contributed by atoms with Crippen LogP contribution in [0, 0.1) is 22.7 Å². The average molecular weight is 250 g/mol. The van der Waals surface area contributed by atoms with Crippen molar-refractivity contribution in [3.63, 3.8) is 0 Å². The molecule has 18 heavy (non-hydrogen) atoms. The third kappa shape index (κ3) is 2.41. The predicted molar refractivity (Wildman–Crippen MR) is 72.0 cm³/mol. The number of nitrogens with one attached hydrogen (secondary N) is 1. The fraction of sp³-hybridized carbons (Fsp3) is 0.933. The lowest BCUT2D eigenvalue weighted by molar-refractivity contribution is -0.0990. The zero-order valence-corrected chi connectivity index (χ0v) is 11.5. The summed E-state index contributed by atoms with van der Waals surface area (Å²) in [6, 6.07) is 2.52. The summed E-state index contributed by atoms with van der Waals surface area (Å²) in [6.45, 7) is 3.82. The first-order valence-electron chi connectivity index (χ1n) is 7.47. The zero-order chi connectivity index (χ0) is 13.1. The SMILES string of the molecule is CC(O)(C1CCCNC1)C1(C#N)CCCCCC1. The van der Waals surface area contributed by atoms with Gasteiger partial charge in [-0.1, -0.05) is 25.7 Å². The van der Waals surface area contributed by atoms with Crippen molar-refractivity contribution in [3.8, 4) is 6.07 Å². The van der Waals surface area contributed by atoms with Gasteiger partial charge in [-0.25, -0.2) is 0 Å². The van der Waals surface area contributed by atoms with Crippen molar-refractivity contribution in [1.29, 1.82) is 5.26 Å². The Kier molecular flexibility index (Phi) is 4.29. The smallest absolute Gasteiger partial charge is 0.0860 e. The lowest BCUT2D eigenvalue weighted by Crippen LogP contribution is -2.54. The molecule has 1 saturated heterocycles. The van der Waals surface area contributed by atoms with Crippen LogP contribution in [0.4, 0.5) is 0 Å². The molecule has 1 aliphatic carbocycles. The van der Waals surface area contributed by atoms with Crippen LogP contribution in [0.5, 0.6) is 0 Å². The van der Waals surface area contributed by atoms with Crippen LogP contribution in [0.25, 0.3) is 0 Å². The highest BCUT2D eigenvalue weighted by Crippen LogP contribution is 2.48. The Bertz CT molecular complexity index is 305. The molecule has 2 aliphatic rings. The standard InChI is InChI=1S/C15H26N2O/c1-14(18,13-7-6-10-17-11-13)15(12-16)8-4-2-3-5-9-15/h13,17-18H,2-11H2,1H3. The van der Waals surface area contributed by atoms with E-state index in [2.05, 4.69) is 11.4 Å². The molecular weight excluding hydrogens is 224 g/mol. The number of rotatable bonds is 2. The van der Waals surface area contributed by atoms with Crippen LogP contribution < -0.4 is 5.32 Å².